The van der Waals surface area contributed by atoms with E-state index in [4.69, 9.17) is 0 Å². The molecule has 1 aromatic heterocycles. The molecule has 1 unspecified atom stereocenters. The fourth-order valence-corrected chi connectivity index (χ4v) is 5.34. The number of fused-ring (bicyclic) bond motifs is 1. The maximum absolute atomic E-state index is 13.1. The topological polar surface area (TPSA) is 68.4 Å². The highest BCUT2D eigenvalue weighted by Crippen LogP contribution is 2.28. The Morgan fingerprint density at radius 2 is 1.79 bits per heavy atom. The smallest absolute Gasteiger partial charge is 0.228 e. The third kappa shape index (κ3) is 4.81. The van der Waals surface area contributed by atoms with Crippen LogP contribution >= 0.6 is 0 Å². The van der Waals surface area contributed by atoms with Gasteiger partial charge in [-0.1, -0.05) is 30.3 Å². The van der Waals surface area contributed by atoms with Crippen molar-refractivity contribution in [2.24, 2.45) is 5.92 Å². The Hall–Kier alpha value is -3.12. The Labute approximate surface area is 195 Å². The van der Waals surface area contributed by atoms with Gasteiger partial charge in [-0.15, -0.1) is 0 Å². The van der Waals surface area contributed by atoms with Gasteiger partial charge in [0.2, 0.25) is 11.8 Å². The number of benzene rings is 2. The molecule has 0 bridgehead atoms. The molecule has 5 rings (SSSR count). The van der Waals surface area contributed by atoms with Crippen LogP contribution in [0.2, 0.25) is 0 Å². The highest BCUT2D eigenvalue weighted by atomic mass is 16.2. The zero-order chi connectivity index (χ0) is 22.8. The molecule has 2 aromatic carbocycles. The lowest BCUT2D eigenvalue weighted by atomic mass is 9.93. The van der Waals surface area contributed by atoms with Gasteiger partial charge in [0.05, 0.1) is 5.92 Å². The van der Waals surface area contributed by atoms with Gasteiger partial charge in [-0.2, -0.15) is 0 Å². The summed E-state index contributed by atoms with van der Waals surface area (Å²) in [5.41, 5.74) is 4.06. The van der Waals surface area contributed by atoms with E-state index in [0.717, 1.165) is 74.3 Å². The van der Waals surface area contributed by atoms with Crippen LogP contribution in [0.25, 0.3) is 22.2 Å². The number of H-pyrrole nitrogens is 1. The number of carbonyl (C=O) groups is 2. The lowest BCUT2D eigenvalue weighted by Crippen LogP contribution is -2.50. The second-order valence-electron chi connectivity index (χ2n) is 9.41. The Bertz CT molecular complexity index is 1110. The van der Waals surface area contributed by atoms with Crippen LogP contribution in [0, 0.1) is 5.92 Å². The normalized spacial score (nSPS) is 20.2. The number of carbonyl (C=O) groups excluding carboxylic acids is 2. The molecular weight excluding hydrogens is 412 g/mol. The highest BCUT2D eigenvalue weighted by Gasteiger charge is 2.32. The van der Waals surface area contributed by atoms with E-state index in [0.29, 0.717) is 6.04 Å². The van der Waals surface area contributed by atoms with Gasteiger partial charge < -0.3 is 15.2 Å². The number of aromatic amines is 1. The van der Waals surface area contributed by atoms with Crippen molar-refractivity contribution >= 4 is 28.4 Å². The summed E-state index contributed by atoms with van der Waals surface area (Å²) in [5, 5.41) is 4.35. The molecule has 2 amide bonds. The second kappa shape index (κ2) is 9.40. The monoisotopic (exact) mass is 444 g/mol. The number of nitrogens with one attached hydrogen (secondary N) is 2. The van der Waals surface area contributed by atoms with Crippen molar-refractivity contribution in [1.29, 1.82) is 0 Å². The molecule has 3 heterocycles. The molecule has 2 N–H and O–H groups in total. The van der Waals surface area contributed by atoms with Crippen molar-refractivity contribution in [3.05, 3.63) is 54.6 Å². The van der Waals surface area contributed by atoms with Crippen molar-refractivity contribution in [3.8, 4) is 11.3 Å². The van der Waals surface area contributed by atoms with Crippen LogP contribution in [-0.4, -0.2) is 58.8 Å². The van der Waals surface area contributed by atoms with Crippen molar-refractivity contribution in [3.63, 3.8) is 0 Å². The Kier molecular flexibility index (Phi) is 6.18. The maximum Gasteiger partial charge on any atom is 0.228 e. The number of aromatic nitrogens is 1. The second-order valence-corrected chi connectivity index (χ2v) is 9.41. The minimum atomic E-state index is 0.00122. The van der Waals surface area contributed by atoms with Gasteiger partial charge in [0, 0.05) is 60.4 Å². The summed E-state index contributed by atoms with van der Waals surface area (Å²) in [6.07, 6.45) is 3.97. The summed E-state index contributed by atoms with van der Waals surface area (Å²) >= 11 is 0. The third-order valence-electron chi connectivity index (χ3n) is 7.22. The average molecular weight is 445 g/mol. The first-order valence-corrected chi connectivity index (χ1v) is 12.1. The van der Waals surface area contributed by atoms with Crippen LogP contribution < -0.4 is 5.32 Å². The quantitative estimate of drug-likeness (QED) is 0.623. The first-order valence-electron chi connectivity index (χ1n) is 12.1. The van der Waals surface area contributed by atoms with Gasteiger partial charge in [0.25, 0.3) is 0 Å². The molecule has 172 valence electrons. The standard InChI is InChI=1S/C27H32N4O2/c1-19(32)30-14-11-24(12-15-30)31-13-5-8-22(18-31)27(33)28-23-9-4-7-20(16-23)26-17-21-6-2-3-10-25(21)29-26/h2-4,6-7,9-10,16-17,22,24,29H,5,8,11-15,18H2,1H3,(H,28,33). The summed E-state index contributed by atoms with van der Waals surface area (Å²) in [7, 11) is 0. The number of hydrogen-bond donors (Lipinski definition) is 2. The molecular formula is C27H32N4O2. The largest absolute Gasteiger partial charge is 0.355 e. The number of amides is 2. The van der Waals surface area contributed by atoms with Crippen LogP contribution in [0.4, 0.5) is 5.69 Å². The molecule has 0 radical (unpaired) electrons. The molecule has 0 spiro atoms. The van der Waals surface area contributed by atoms with Crippen molar-refractivity contribution < 1.29 is 9.59 Å². The fraction of sp³-hybridized carbons (Fsp3) is 0.407. The van der Waals surface area contributed by atoms with Crippen molar-refractivity contribution in [1.82, 2.24) is 14.8 Å². The first-order chi connectivity index (χ1) is 16.1. The van der Waals surface area contributed by atoms with Crippen molar-refractivity contribution in [2.75, 3.05) is 31.5 Å². The molecule has 1 atom stereocenters. The molecule has 6 heteroatoms. The van der Waals surface area contributed by atoms with Crippen LogP contribution in [0.15, 0.2) is 54.6 Å². The zero-order valence-corrected chi connectivity index (χ0v) is 19.2. The van der Waals surface area contributed by atoms with E-state index >= 15 is 0 Å². The Morgan fingerprint density at radius 1 is 0.970 bits per heavy atom. The van der Waals surface area contributed by atoms with E-state index in [1.54, 1.807) is 6.92 Å². The maximum atomic E-state index is 13.1. The number of nitrogens with zero attached hydrogens (tertiary/aromatic N) is 2. The third-order valence-corrected chi connectivity index (χ3v) is 7.22. The minimum absolute atomic E-state index is 0.00122. The zero-order valence-electron chi connectivity index (χ0n) is 19.2. The lowest BCUT2D eigenvalue weighted by molar-refractivity contribution is -0.130. The number of likely N-dealkylation sites (tertiary alicyclic amines) is 2. The number of hydrogen-bond acceptors (Lipinski definition) is 3. The van der Waals surface area contributed by atoms with Gasteiger partial charge in [-0.3, -0.25) is 14.5 Å². The average Bonchev–Trinajstić information content (AvgIpc) is 3.29. The Balaban J connectivity index is 1.22. The fourth-order valence-electron chi connectivity index (χ4n) is 5.34. The van der Waals surface area contributed by atoms with Crippen molar-refractivity contribution in [2.45, 2.75) is 38.6 Å². The van der Waals surface area contributed by atoms with Gasteiger partial charge in [-0.05, 0) is 56.5 Å². The summed E-state index contributed by atoms with van der Waals surface area (Å²) < 4.78 is 0. The number of piperidine rings is 2. The van der Waals surface area contributed by atoms with Crippen LogP contribution in [-0.2, 0) is 9.59 Å². The van der Waals surface area contributed by atoms with Crippen LogP contribution in [0.5, 0.6) is 0 Å². The molecule has 2 aliphatic rings. The predicted molar refractivity (Wildman–Crippen MR) is 132 cm³/mol. The minimum Gasteiger partial charge on any atom is -0.355 e. The molecule has 2 fully saturated rings. The number of anilines is 1. The van der Waals surface area contributed by atoms with Gasteiger partial charge in [0.15, 0.2) is 0 Å². The summed E-state index contributed by atoms with van der Waals surface area (Å²) in [6, 6.07) is 18.9. The van der Waals surface area contributed by atoms with E-state index in [1.807, 2.05) is 35.2 Å². The molecule has 2 saturated heterocycles. The van der Waals surface area contributed by atoms with Crippen LogP contribution in [0.3, 0.4) is 0 Å². The molecule has 2 aliphatic heterocycles. The number of rotatable bonds is 4. The molecule has 33 heavy (non-hydrogen) atoms. The highest BCUT2D eigenvalue weighted by molar-refractivity contribution is 5.94. The predicted octanol–water partition coefficient (Wildman–Crippen LogP) is 4.50. The first kappa shape index (κ1) is 21.7. The SMILES string of the molecule is CC(=O)N1CCC(N2CCCC(C(=O)Nc3cccc(-c4cc5ccccc5[nH]4)c3)C2)CC1. The lowest BCUT2D eigenvalue weighted by Gasteiger charge is -2.41. The molecule has 0 saturated carbocycles. The summed E-state index contributed by atoms with van der Waals surface area (Å²) in [6.45, 7) is 5.15. The summed E-state index contributed by atoms with van der Waals surface area (Å²) in [4.78, 5) is 32.6. The van der Waals surface area contributed by atoms with E-state index in [9.17, 15) is 9.59 Å². The van der Waals surface area contributed by atoms with E-state index in [1.165, 1.54) is 5.39 Å². The van der Waals surface area contributed by atoms with E-state index < -0.39 is 0 Å². The van der Waals surface area contributed by atoms with Crippen LogP contribution in [0.1, 0.15) is 32.6 Å². The van der Waals surface area contributed by atoms with Gasteiger partial charge in [-0.25, -0.2) is 0 Å². The molecule has 3 aromatic rings. The van der Waals surface area contributed by atoms with Gasteiger partial charge in [0.1, 0.15) is 0 Å². The number of para-hydroxylation sites is 1. The van der Waals surface area contributed by atoms with E-state index in [-0.39, 0.29) is 17.7 Å². The summed E-state index contributed by atoms with van der Waals surface area (Å²) in [5.74, 6) is 0.273. The van der Waals surface area contributed by atoms with E-state index in [2.05, 4.69) is 39.5 Å². The molecule has 6 nitrogen and oxygen atoms in total. The molecule has 0 aliphatic carbocycles. The Morgan fingerprint density at radius 3 is 2.58 bits per heavy atom. The van der Waals surface area contributed by atoms with Gasteiger partial charge >= 0.3 is 0 Å².